The summed E-state index contributed by atoms with van der Waals surface area (Å²) in [6.45, 7) is 2.45. The molecule has 11 heteroatoms. The van der Waals surface area contributed by atoms with Crippen LogP contribution in [0.2, 0.25) is 0 Å². The van der Waals surface area contributed by atoms with E-state index >= 15 is 0 Å². The molecule has 1 aromatic heterocycles. The van der Waals surface area contributed by atoms with Crippen LogP contribution >= 0.6 is 12.2 Å². The van der Waals surface area contributed by atoms with Crippen LogP contribution < -0.4 is 15.2 Å². The van der Waals surface area contributed by atoms with Crippen LogP contribution in [0.3, 0.4) is 0 Å². The van der Waals surface area contributed by atoms with Crippen molar-refractivity contribution >= 4 is 49.6 Å². The molecule has 0 radical (unpaired) electrons. The minimum Gasteiger partial charge on any atom is -0.497 e. The van der Waals surface area contributed by atoms with Crippen LogP contribution in [0.1, 0.15) is 6.92 Å². The van der Waals surface area contributed by atoms with Crippen LogP contribution in [0.15, 0.2) is 57.6 Å². The highest BCUT2D eigenvalue weighted by atomic mass is 32.2. The van der Waals surface area contributed by atoms with Gasteiger partial charge in [-0.3, -0.25) is 0 Å². The fourth-order valence-electron chi connectivity index (χ4n) is 2.82. The van der Waals surface area contributed by atoms with E-state index in [2.05, 4.69) is 15.5 Å². The van der Waals surface area contributed by atoms with E-state index in [4.69, 9.17) is 22.1 Å². The number of fused-ring (bicyclic) bond motifs is 1. The van der Waals surface area contributed by atoms with E-state index in [0.29, 0.717) is 23.4 Å². The molecule has 152 valence electrons. The Morgan fingerprint density at radius 2 is 1.97 bits per heavy atom. The molecule has 2 aromatic carbocycles. The predicted molar refractivity (Wildman–Crippen MR) is 114 cm³/mol. The van der Waals surface area contributed by atoms with Gasteiger partial charge in [-0.1, -0.05) is 0 Å². The maximum Gasteiger partial charge on any atom is 0.238 e. The quantitative estimate of drug-likeness (QED) is 0.417. The second kappa shape index (κ2) is 8.15. The van der Waals surface area contributed by atoms with E-state index < -0.39 is 10.0 Å². The van der Waals surface area contributed by atoms with Gasteiger partial charge in [-0.2, -0.15) is 0 Å². The molecule has 9 nitrogen and oxygen atoms in total. The first-order valence-corrected chi connectivity index (χ1v) is 10.4. The first kappa shape index (κ1) is 20.7. The average Bonchev–Trinajstić information content (AvgIpc) is 2.95. The molecule has 0 unspecified atom stereocenters. The zero-order valence-corrected chi connectivity index (χ0v) is 17.3. The Morgan fingerprint density at radius 1 is 1.28 bits per heavy atom. The first-order chi connectivity index (χ1) is 13.7. The molecule has 0 spiro atoms. The van der Waals surface area contributed by atoms with Gasteiger partial charge < -0.3 is 19.7 Å². The molecule has 3 rings (SSSR count). The number of azo groups is 1. The Balaban J connectivity index is 1.86. The number of hydrogen-bond donors (Lipinski definition) is 3. The molecular formula is C18H19N5O4S2. The third-order valence-electron chi connectivity index (χ3n) is 4.21. The molecule has 1 heterocycles. The number of nitrogens with zero attached hydrogens (tertiary/aromatic N) is 3. The number of anilines is 1. The van der Waals surface area contributed by atoms with Crippen molar-refractivity contribution in [3.05, 3.63) is 42.5 Å². The fourth-order valence-corrected chi connectivity index (χ4v) is 3.49. The van der Waals surface area contributed by atoms with E-state index in [9.17, 15) is 13.5 Å². The van der Waals surface area contributed by atoms with Crippen molar-refractivity contribution in [2.24, 2.45) is 15.4 Å². The molecule has 0 aliphatic carbocycles. The summed E-state index contributed by atoms with van der Waals surface area (Å²) in [5.41, 5.74) is 1.58. The van der Waals surface area contributed by atoms with Crippen molar-refractivity contribution in [2.75, 3.05) is 12.4 Å². The van der Waals surface area contributed by atoms with E-state index in [-0.39, 0.29) is 21.6 Å². The summed E-state index contributed by atoms with van der Waals surface area (Å²) in [5, 5.41) is 27.2. The van der Waals surface area contributed by atoms with Gasteiger partial charge in [0.05, 0.1) is 17.5 Å². The Hall–Kier alpha value is -3.02. The van der Waals surface area contributed by atoms with Gasteiger partial charge in [0, 0.05) is 17.6 Å². The number of benzene rings is 2. The smallest absolute Gasteiger partial charge is 0.238 e. The van der Waals surface area contributed by atoms with Crippen LogP contribution in [0.25, 0.3) is 10.9 Å². The number of aromatic hydroxyl groups is 1. The summed E-state index contributed by atoms with van der Waals surface area (Å²) < 4.78 is 29.5. The molecular weight excluding hydrogens is 414 g/mol. The van der Waals surface area contributed by atoms with Gasteiger partial charge >= 0.3 is 0 Å². The molecule has 0 amide bonds. The largest absolute Gasteiger partial charge is 0.497 e. The zero-order valence-electron chi connectivity index (χ0n) is 15.7. The number of thiocarbonyl (C=S) groups is 1. The lowest BCUT2D eigenvalue weighted by atomic mass is 10.2. The average molecular weight is 434 g/mol. The normalized spacial score (nSPS) is 11.8. The number of aryl methyl sites for hydroxylation is 1. The maximum absolute atomic E-state index is 11.3. The lowest BCUT2D eigenvalue weighted by Crippen LogP contribution is -2.12. The number of rotatable bonds is 5. The number of methoxy groups -OCH3 is 1. The van der Waals surface area contributed by atoms with Crippen molar-refractivity contribution in [1.82, 2.24) is 4.57 Å². The Morgan fingerprint density at radius 3 is 2.55 bits per heavy atom. The minimum atomic E-state index is -3.77. The van der Waals surface area contributed by atoms with Gasteiger partial charge in [-0.05, 0) is 61.6 Å². The third-order valence-corrected chi connectivity index (χ3v) is 5.32. The van der Waals surface area contributed by atoms with Crippen molar-refractivity contribution < 1.29 is 18.3 Å². The summed E-state index contributed by atoms with van der Waals surface area (Å²) in [6.07, 6.45) is 0. The molecule has 0 aliphatic heterocycles. The number of sulfonamides is 1. The summed E-state index contributed by atoms with van der Waals surface area (Å²) in [7, 11) is -2.21. The highest BCUT2D eigenvalue weighted by Crippen LogP contribution is 2.40. The number of primary sulfonamides is 1. The van der Waals surface area contributed by atoms with Crippen molar-refractivity contribution in [3.8, 4) is 11.6 Å². The van der Waals surface area contributed by atoms with Crippen molar-refractivity contribution in [2.45, 2.75) is 18.4 Å². The van der Waals surface area contributed by atoms with Crippen molar-refractivity contribution in [3.63, 3.8) is 0 Å². The van der Waals surface area contributed by atoms with Crippen LogP contribution in [0.4, 0.5) is 11.4 Å². The van der Waals surface area contributed by atoms with E-state index in [1.165, 1.54) is 24.3 Å². The number of ether oxygens (including phenoxy) is 1. The van der Waals surface area contributed by atoms with Gasteiger partial charge in [0.25, 0.3) is 0 Å². The van der Waals surface area contributed by atoms with E-state index in [0.717, 1.165) is 5.52 Å². The second-order valence-corrected chi connectivity index (χ2v) is 7.95. The summed E-state index contributed by atoms with van der Waals surface area (Å²) in [6, 6.07) is 11.1. The molecule has 0 fully saturated rings. The Kier molecular flexibility index (Phi) is 5.82. The van der Waals surface area contributed by atoms with Gasteiger partial charge in [0.15, 0.2) is 5.69 Å². The third kappa shape index (κ3) is 4.36. The summed E-state index contributed by atoms with van der Waals surface area (Å²) >= 11 is 5.16. The second-order valence-electron chi connectivity index (χ2n) is 6.00. The summed E-state index contributed by atoms with van der Waals surface area (Å²) in [5.74, 6) is 0.595. The lowest BCUT2D eigenvalue weighted by Gasteiger charge is -2.04. The Labute approximate surface area is 172 Å². The van der Waals surface area contributed by atoms with Crippen LogP contribution in [-0.4, -0.2) is 30.3 Å². The summed E-state index contributed by atoms with van der Waals surface area (Å²) in [4.78, 5) is -0.0122. The standard InChI is InChI=1S/C18H19N5O4S2/c1-3-23-15-9-6-12(27-2)10-14(15)16(17(23)24)21-22-18(28)20-11-4-7-13(8-5-11)29(19,25)26/h4-10,24H,3H2,1-2H3,(H,20,28)(H2,19,25,26). The van der Waals surface area contributed by atoms with Crippen molar-refractivity contribution in [1.29, 1.82) is 0 Å². The maximum atomic E-state index is 11.3. The SMILES string of the molecule is CCn1c(O)c(N=NC(=S)Nc2ccc(S(N)(=O)=O)cc2)c2cc(OC)ccc21. The van der Waals surface area contributed by atoms with Gasteiger partial charge in [0.1, 0.15) is 5.75 Å². The predicted octanol–water partition coefficient (Wildman–Crippen LogP) is 3.50. The highest BCUT2D eigenvalue weighted by Gasteiger charge is 2.16. The van der Waals surface area contributed by atoms with Gasteiger partial charge in [-0.25, -0.2) is 13.6 Å². The molecule has 3 aromatic rings. The molecule has 4 N–H and O–H groups in total. The highest BCUT2D eigenvalue weighted by molar-refractivity contribution is 7.89. The fraction of sp³-hybridized carbons (Fsp3) is 0.167. The lowest BCUT2D eigenvalue weighted by molar-refractivity contribution is 0.415. The van der Waals surface area contributed by atoms with Gasteiger partial charge in [-0.15, -0.1) is 10.2 Å². The van der Waals surface area contributed by atoms with Crippen LogP contribution in [0, 0.1) is 0 Å². The number of nitrogens with one attached hydrogen (secondary N) is 1. The van der Waals surface area contributed by atoms with Crippen LogP contribution in [-0.2, 0) is 16.6 Å². The Bertz CT molecular complexity index is 1200. The number of aromatic nitrogens is 1. The van der Waals surface area contributed by atoms with E-state index in [1.807, 2.05) is 13.0 Å². The van der Waals surface area contributed by atoms with Crippen LogP contribution in [0.5, 0.6) is 11.6 Å². The molecule has 0 bridgehead atoms. The molecule has 0 aliphatic rings. The molecule has 0 saturated carbocycles. The monoisotopic (exact) mass is 433 g/mol. The molecule has 0 atom stereocenters. The molecule has 29 heavy (non-hydrogen) atoms. The number of hydrogen-bond acceptors (Lipinski definition) is 6. The minimum absolute atomic E-state index is 0.0122. The van der Waals surface area contributed by atoms with Gasteiger partial charge in [0.2, 0.25) is 21.0 Å². The zero-order chi connectivity index (χ0) is 21.2. The van der Waals surface area contributed by atoms with E-state index in [1.54, 1.807) is 23.8 Å². The first-order valence-electron chi connectivity index (χ1n) is 8.49. The topological polar surface area (TPSA) is 131 Å². The number of nitrogens with two attached hydrogens (primary N) is 1. The molecule has 0 saturated heterocycles.